The van der Waals surface area contributed by atoms with Gasteiger partial charge in [-0.15, -0.1) is 12.4 Å². The standard InChI is InChI=1S/C13H17BrN2O.ClH/c1-8-5-11(3-4-12(8)14)16-13(17)9(2)10-6-15-7-10;/h3-5,9-10,15H,6-7H2,1-2H3,(H,16,17);1H. The van der Waals surface area contributed by atoms with Gasteiger partial charge in [-0.25, -0.2) is 0 Å². The van der Waals surface area contributed by atoms with Crippen LogP contribution in [0.3, 0.4) is 0 Å². The van der Waals surface area contributed by atoms with E-state index in [1.165, 1.54) is 0 Å². The first-order chi connectivity index (χ1) is 8.08. The van der Waals surface area contributed by atoms with Gasteiger partial charge in [0.1, 0.15) is 0 Å². The van der Waals surface area contributed by atoms with Crippen molar-refractivity contribution in [1.82, 2.24) is 5.32 Å². The lowest BCUT2D eigenvalue weighted by Gasteiger charge is -2.31. The molecular weight excluding hydrogens is 316 g/mol. The van der Waals surface area contributed by atoms with E-state index in [0.29, 0.717) is 5.92 Å². The third-order valence-corrected chi connectivity index (χ3v) is 4.25. The van der Waals surface area contributed by atoms with Crippen molar-refractivity contribution >= 4 is 39.9 Å². The molecule has 1 atom stereocenters. The summed E-state index contributed by atoms with van der Waals surface area (Å²) in [4.78, 5) is 12.0. The van der Waals surface area contributed by atoms with Crippen molar-refractivity contribution in [2.45, 2.75) is 13.8 Å². The minimum atomic E-state index is 0. The topological polar surface area (TPSA) is 41.1 Å². The van der Waals surface area contributed by atoms with Gasteiger partial charge < -0.3 is 10.6 Å². The zero-order valence-electron chi connectivity index (χ0n) is 10.5. The van der Waals surface area contributed by atoms with Crippen LogP contribution >= 0.6 is 28.3 Å². The highest BCUT2D eigenvalue weighted by molar-refractivity contribution is 9.10. The van der Waals surface area contributed by atoms with Crippen LogP contribution < -0.4 is 10.6 Å². The van der Waals surface area contributed by atoms with Crippen LogP contribution in [0.25, 0.3) is 0 Å². The molecule has 1 fully saturated rings. The highest BCUT2D eigenvalue weighted by Crippen LogP contribution is 2.22. The Balaban J connectivity index is 0.00000162. The van der Waals surface area contributed by atoms with Gasteiger partial charge in [0, 0.05) is 16.1 Å². The molecule has 0 radical (unpaired) electrons. The van der Waals surface area contributed by atoms with Crippen LogP contribution in [0, 0.1) is 18.8 Å². The summed E-state index contributed by atoms with van der Waals surface area (Å²) in [6.45, 7) is 5.91. The molecule has 2 N–H and O–H groups in total. The number of rotatable bonds is 3. The predicted octanol–water partition coefficient (Wildman–Crippen LogP) is 2.97. The largest absolute Gasteiger partial charge is 0.326 e. The SMILES string of the molecule is Cc1cc(NC(=O)C(C)C2CNC2)ccc1Br.Cl. The second kappa shape index (κ2) is 6.55. The molecule has 2 rings (SSSR count). The van der Waals surface area contributed by atoms with Gasteiger partial charge in [-0.1, -0.05) is 22.9 Å². The smallest absolute Gasteiger partial charge is 0.227 e. The van der Waals surface area contributed by atoms with E-state index in [0.717, 1.165) is 28.8 Å². The van der Waals surface area contributed by atoms with Crippen LogP contribution in [-0.4, -0.2) is 19.0 Å². The van der Waals surface area contributed by atoms with E-state index < -0.39 is 0 Å². The molecule has 0 bridgehead atoms. The average Bonchev–Trinajstić information content (AvgIpc) is 2.21. The Bertz CT molecular complexity index is 435. The molecule has 3 nitrogen and oxygen atoms in total. The number of anilines is 1. The van der Waals surface area contributed by atoms with Crippen molar-refractivity contribution in [3.63, 3.8) is 0 Å². The first-order valence-electron chi connectivity index (χ1n) is 5.85. The maximum Gasteiger partial charge on any atom is 0.227 e. The maximum absolute atomic E-state index is 12.0. The highest BCUT2D eigenvalue weighted by atomic mass is 79.9. The molecule has 0 aromatic heterocycles. The highest BCUT2D eigenvalue weighted by Gasteiger charge is 2.28. The van der Waals surface area contributed by atoms with Gasteiger partial charge in [0.05, 0.1) is 0 Å². The fraction of sp³-hybridized carbons (Fsp3) is 0.462. The van der Waals surface area contributed by atoms with Crippen molar-refractivity contribution in [1.29, 1.82) is 0 Å². The Hall–Kier alpha value is -0.580. The quantitative estimate of drug-likeness (QED) is 0.893. The number of nitrogens with one attached hydrogen (secondary N) is 2. The van der Waals surface area contributed by atoms with Crippen LogP contribution in [0.4, 0.5) is 5.69 Å². The second-order valence-electron chi connectivity index (χ2n) is 4.66. The summed E-state index contributed by atoms with van der Waals surface area (Å²) < 4.78 is 1.06. The first-order valence-corrected chi connectivity index (χ1v) is 6.65. The Morgan fingerprint density at radius 1 is 1.50 bits per heavy atom. The molecule has 1 aliphatic heterocycles. The summed E-state index contributed by atoms with van der Waals surface area (Å²) in [5.41, 5.74) is 2.00. The number of carbonyl (C=O) groups excluding carboxylic acids is 1. The van der Waals surface area contributed by atoms with Crippen molar-refractivity contribution in [2.75, 3.05) is 18.4 Å². The van der Waals surface area contributed by atoms with E-state index in [9.17, 15) is 4.79 Å². The molecule has 1 heterocycles. The number of halogens is 2. The van der Waals surface area contributed by atoms with E-state index in [1.54, 1.807) is 0 Å². The number of hydrogen-bond donors (Lipinski definition) is 2. The Labute approximate surface area is 122 Å². The van der Waals surface area contributed by atoms with E-state index >= 15 is 0 Å². The molecule has 1 saturated heterocycles. The minimum Gasteiger partial charge on any atom is -0.326 e. The van der Waals surface area contributed by atoms with Crippen molar-refractivity contribution in [3.8, 4) is 0 Å². The summed E-state index contributed by atoms with van der Waals surface area (Å²) in [6.07, 6.45) is 0. The number of amides is 1. The molecule has 5 heteroatoms. The van der Waals surface area contributed by atoms with Crippen LogP contribution in [0.5, 0.6) is 0 Å². The molecule has 1 aliphatic rings. The summed E-state index contributed by atoms with van der Waals surface area (Å²) >= 11 is 3.45. The number of benzene rings is 1. The minimum absolute atomic E-state index is 0. The van der Waals surface area contributed by atoms with Crippen molar-refractivity contribution in [2.24, 2.45) is 11.8 Å². The van der Waals surface area contributed by atoms with Gasteiger partial charge in [0.25, 0.3) is 0 Å². The number of hydrogen-bond acceptors (Lipinski definition) is 2. The van der Waals surface area contributed by atoms with Gasteiger partial charge in [0.15, 0.2) is 0 Å². The van der Waals surface area contributed by atoms with Gasteiger partial charge >= 0.3 is 0 Å². The van der Waals surface area contributed by atoms with Crippen molar-refractivity contribution in [3.05, 3.63) is 28.2 Å². The number of aryl methyl sites for hydroxylation is 1. The summed E-state index contributed by atoms with van der Waals surface area (Å²) in [5.74, 6) is 0.657. The Morgan fingerprint density at radius 2 is 2.17 bits per heavy atom. The molecule has 0 spiro atoms. The zero-order valence-corrected chi connectivity index (χ0v) is 12.9. The molecule has 0 aliphatic carbocycles. The zero-order chi connectivity index (χ0) is 12.4. The normalized spacial score (nSPS) is 16.4. The Kier molecular flexibility index (Phi) is 5.63. The summed E-state index contributed by atoms with van der Waals surface area (Å²) in [7, 11) is 0. The van der Waals surface area contributed by atoms with E-state index in [1.807, 2.05) is 32.0 Å². The van der Waals surface area contributed by atoms with E-state index in [2.05, 4.69) is 26.6 Å². The van der Waals surface area contributed by atoms with Gasteiger partial charge in [-0.2, -0.15) is 0 Å². The molecule has 1 unspecified atom stereocenters. The lowest BCUT2D eigenvalue weighted by atomic mass is 9.88. The van der Waals surface area contributed by atoms with Crippen LogP contribution in [0.15, 0.2) is 22.7 Å². The molecule has 1 aromatic carbocycles. The molecule has 1 amide bonds. The third-order valence-electron chi connectivity index (χ3n) is 3.36. The second-order valence-corrected chi connectivity index (χ2v) is 5.51. The molecule has 100 valence electrons. The monoisotopic (exact) mass is 332 g/mol. The fourth-order valence-electron chi connectivity index (χ4n) is 1.86. The predicted molar refractivity (Wildman–Crippen MR) is 80.3 cm³/mol. The summed E-state index contributed by atoms with van der Waals surface area (Å²) in [6, 6.07) is 5.86. The van der Waals surface area contributed by atoms with Crippen LogP contribution in [-0.2, 0) is 4.79 Å². The van der Waals surface area contributed by atoms with Gasteiger partial charge in [-0.05, 0) is 49.7 Å². The van der Waals surface area contributed by atoms with Gasteiger partial charge in [0.2, 0.25) is 5.91 Å². The molecule has 18 heavy (non-hydrogen) atoms. The van der Waals surface area contributed by atoms with E-state index in [4.69, 9.17) is 0 Å². The molecular formula is C13H18BrClN2O. The maximum atomic E-state index is 12.0. The lowest BCUT2D eigenvalue weighted by molar-refractivity contribution is -0.121. The van der Waals surface area contributed by atoms with Crippen LogP contribution in [0.2, 0.25) is 0 Å². The lowest BCUT2D eigenvalue weighted by Crippen LogP contribution is -2.48. The molecule has 1 aromatic rings. The molecule has 0 saturated carbocycles. The van der Waals surface area contributed by atoms with Crippen LogP contribution in [0.1, 0.15) is 12.5 Å². The third kappa shape index (κ3) is 3.46. The van der Waals surface area contributed by atoms with E-state index in [-0.39, 0.29) is 24.2 Å². The first kappa shape index (κ1) is 15.5. The number of carbonyl (C=O) groups is 1. The Morgan fingerprint density at radius 3 is 2.67 bits per heavy atom. The van der Waals surface area contributed by atoms with Crippen molar-refractivity contribution < 1.29 is 4.79 Å². The fourth-order valence-corrected chi connectivity index (χ4v) is 2.10. The summed E-state index contributed by atoms with van der Waals surface area (Å²) in [5, 5.41) is 6.16. The van der Waals surface area contributed by atoms with Gasteiger partial charge in [-0.3, -0.25) is 4.79 Å². The average molecular weight is 334 g/mol.